The van der Waals surface area contributed by atoms with E-state index in [0.717, 1.165) is 10.0 Å². The zero-order valence-electron chi connectivity index (χ0n) is 13.1. The van der Waals surface area contributed by atoms with E-state index in [0.29, 0.717) is 17.9 Å². The second-order valence-electron chi connectivity index (χ2n) is 5.41. The van der Waals surface area contributed by atoms with Gasteiger partial charge in [0.05, 0.1) is 22.9 Å². The fraction of sp³-hybridized carbons (Fsp3) is 0.200. The summed E-state index contributed by atoms with van der Waals surface area (Å²) in [5.41, 5.74) is 1.90. The van der Waals surface area contributed by atoms with E-state index in [1.807, 2.05) is 18.3 Å². The van der Waals surface area contributed by atoms with Crippen molar-refractivity contribution in [2.45, 2.75) is 18.4 Å². The van der Waals surface area contributed by atoms with Gasteiger partial charge in [-0.05, 0) is 40.5 Å². The average molecular weight is 410 g/mol. The number of sulfonamides is 1. The molecule has 0 bridgehead atoms. The monoisotopic (exact) mass is 409 g/mol. The van der Waals surface area contributed by atoms with Crippen LogP contribution in [-0.2, 0) is 23.6 Å². The molecule has 2 heterocycles. The first kappa shape index (κ1) is 16.7. The zero-order chi connectivity index (χ0) is 17.3. The molecule has 0 unspecified atom stereocenters. The largest absolute Gasteiger partial charge is 0.280 e. The van der Waals surface area contributed by atoms with E-state index in [1.54, 1.807) is 37.0 Å². The number of rotatable bonds is 5. The van der Waals surface area contributed by atoms with E-state index < -0.39 is 10.0 Å². The summed E-state index contributed by atoms with van der Waals surface area (Å²) in [5.74, 6) is 0. The molecule has 7 nitrogen and oxygen atoms in total. The number of hydrogen-bond donors (Lipinski definition) is 1. The van der Waals surface area contributed by atoms with Gasteiger partial charge >= 0.3 is 0 Å². The van der Waals surface area contributed by atoms with Gasteiger partial charge in [0, 0.05) is 25.1 Å². The highest BCUT2D eigenvalue weighted by Crippen LogP contribution is 2.19. The quantitative estimate of drug-likeness (QED) is 0.701. The Balaban J connectivity index is 1.82. The Morgan fingerprint density at radius 3 is 2.71 bits per heavy atom. The van der Waals surface area contributed by atoms with E-state index in [-0.39, 0.29) is 4.90 Å². The number of nitrogens with one attached hydrogen (secondary N) is 1. The van der Waals surface area contributed by atoms with E-state index in [4.69, 9.17) is 0 Å². The van der Waals surface area contributed by atoms with Gasteiger partial charge in [-0.2, -0.15) is 10.2 Å². The minimum atomic E-state index is -3.67. The Labute approximate surface area is 148 Å². The molecule has 0 radical (unpaired) electrons. The van der Waals surface area contributed by atoms with E-state index >= 15 is 0 Å². The van der Waals surface area contributed by atoms with E-state index in [2.05, 4.69) is 30.8 Å². The smallest absolute Gasteiger partial charge is 0.265 e. The van der Waals surface area contributed by atoms with Crippen LogP contribution in [0.5, 0.6) is 0 Å². The Morgan fingerprint density at radius 1 is 1.29 bits per heavy atom. The highest BCUT2D eigenvalue weighted by Gasteiger charge is 2.20. The maximum atomic E-state index is 12.5. The van der Waals surface area contributed by atoms with Crippen LogP contribution in [0.2, 0.25) is 0 Å². The van der Waals surface area contributed by atoms with Gasteiger partial charge in [-0.1, -0.05) is 12.1 Å². The van der Waals surface area contributed by atoms with Crippen LogP contribution in [0.15, 0.2) is 52.2 Å². The summed E-state index contributed by atoms with van der Waals surface area (Å²) < 4.78 is 31.8. The number of hydrogen-bond acceptors (Lipinski definition) is 4. The molecule has 9 heteroatoms. The van der Waals surface area contributed by atoms with E-state index in [9.17, 15) is 8.42 Å². The van der Waals surface area contributed by atoms with Crippen LogP contribution in [0.4, 0.5) is 5.69 Å². The lowest BCUT2D eigenvalue weighted by atomic mass is 10.2. The summed E-state index contributed by atoms with van der Waals surface area (Å²) in [6.07, 6.45) is 5.05. The van der Waals surface area contributed by atoms with Gasteiger partial charge in [0.25, 0.3) is 10.0 Å². The van der Waals surface area contributed by atoms with Crippen molar-refractivity contribution in [3.63, 3.8) is 0 Å². The number of nitrogens with zero attached hydrogens (tertiary/aromatic N) is 4. The van der Waals surface area contributed by atoms with Gasteiger partial charge in [0.2, 0.25) is 0 Å². The maximum Gasteiger partial charge on any atom is 0.265 e. The second kappa shape index (κ2) is 6.40. The van der Waals surface area contributed by atoms with Gasteiger partial charge in [-0.15, -0.1) is 0 Å². The minimum Gasteiger partial charge on any atom is -0.280 e. The van der Waals surface area contributed by atoms with E-state index in [1.165, 1.54) is 10.9 Å². The number of halogens is 1. The van der Waals surface area contributed by atoms with Gasteiger partial charge in [-0.3, -0.25) is 14.1 Å². The third-order valence-corrected chi connectivity index (χ3v) is 5.28. The van der Waals surface area contributed by atoms with Crippen molar-refractivity contribution in [3.05, 3.63) is 58.6 Å². The molecule has 0 aliphatic carbocycles. The van der Waals surface area contributed by atoms with Crippen molar-refractivity contribution in [2.24, 2.45) is 7.05 Å². The summed E-state index contributed by atoms with van der Waals surface area (Å²) in [6, 6.07) is 7.23. The number of anilines is 1. The Bertz CT molecular complexity index is 977. The zero-order valence-corrected chi connectivity index (χ0v) is 15.5. The molecule has 126 valence electrons. The molecule has 0 spiro atoms. The molecule has 1 N–H and O–H groups in total. The number of aryl methyl sites for hydroxylation is 2. The Kier molecular flexibility index (Phi) is 4.46. The average Bonchev–Trinajstić information content (AvgIpc) is 3.04. The van der Waals surface area contributed by atoms with Crippen LogP contribution in [0.1, 0.15) is 11.3 Å². The van der Waals surface area contributed by atoms with Crippen LogP contribution >= 0.6 is 15.9 Å². The molecule has 2 aromatic heterocycles. The van der Waals surface area contributed by atoms with Crippen molar-refractivity contribution in [1.29, 1.82) is 0 Å². The fourth-order valence-electron chi connectivity index (χ4n) is 2.40. The first-order valence-corrected chi connectivity index (χ1v) is 9.41. The van der Waals surface area contributed by atoms with Crippen LogP contribution in [0, 0.1) is 6.92 Å². The molecule has 0 saturated heterocycles. The van der Waals surface area contributed by atoms with Gasteiger partial charge in [0.1, 0.15) is 4.90 Å². The predicted octanol–water partition coefficient (Wildman–Crippen LogP) is 2.54. The summed E-state index contributed by atoms with van der Waals surface area (Å²) in [4.78, 5) is 0.173. The highest BCUT2D eigenvalue weighted by atomic mass is 79.9. The summed E-state index contributed by atoms with van der Waals surface area (Å²) >= 11 is 3.35. The molecule has 0 fully saturated rings. The normalized spacial score (nSPS) is 11.6. The molecule has 3 rings (SSSR count). The first-order chi connectivity index (χ1) is 11.3. The lowest BCUT2D eigenvalue weighted by Crippen LogP contribution is -2.13. The van der Waals surface area contributed by atoms with Crippen LogP contribution in [0.3, 0.4) is 0 Å². The van der Waals surface area contributed by atoms with Crippen molar-refractivity contribution >= 4 is 31.6 Å². The summed E-state index contributed by atoms with van der Waals surface area (Å²) in [5, 5.41) is 8.27. The molecule has 0 saturated carbocycles. The molecule has 0 aliphatic heterocycles. The first-order valence-electron chi connectivity index (χ1n) is 7.13. The predicted molar refractivity (Wildman–Crippen MR) is 94.2 cm³/mol. The SMILES string of the molecule is Cc1nn(C)cc1S(=O)(=O)Nc1cccc(Cn2cc(Br)cn2)c1. The standard InChI is InChI=1S/C15H16BrN5O2S/c1-11-15(10-20(2)18-11)24(22,23)19-14-5-3-4-12(6-14)8-21-9-13(16)7-17-21/h3-7,9-10,19H,8H2,1-2H3. The van der Waals surface area contributed by atoms with Gasteiger partial charge < -0.3 is 0 Å². The van der Waals surface area contributed by atoms with Gasteiger partial charge in [0.15, 0.2) is 0 Å². The van der Waals surface area contributed by atoms with Crippen molar-refractivity contribution in [3.8, 4) is 0 Å². The molecule has 0 aliphatic rings. The van der Waals surface area contributed by atoms with Crippen LogP contribution < -0.4 is 4.72 Å². The second-order valence-corrected chi connectivity index (χ2v) is 7.98. The lowest BCUT2D eigenvalue weighted by Gasteiger charge is -2.09. The third-order valence-electron chi connectivity index (χ3n) is 3.38. The molecular formula is C15H16BrN5O2S. The third kappa shape index (κ3) is 3.68. The molecule has 0 amide bonds. The molecule has 1 aromatic carbocycles. The lowest BCUT2D eigenvalue weighted by molar-refractivity contribution is 0.600. The van der Waals surface area contributed by atoms with Crippen LogP contribution in [0.25, 0.3) is 0 Å². The van der Waals surface area contributed by atoms with Crippen molar-refractivity contribution in [1.82, 2.24) is 19.6 Å². The Hall–Kier alpha value is -2.13. The molecule has 0 atom stereocenters. The summed E-state index contributed by atoms with van der Waals surface area (Å²) in [6.45, 7) is 2.22. The van der Waals surface area contributed by atoms with Crippen LogP contribution in [-0.4, -0.2) is 28.0 Å². The number of benzene rings is 1. The Morgan fingerprint density at radius 2 is 2.08 bits per heavy atom. The molecular weight excluding hydrogens is 394 g/mol. The fourth-order valence-corrected chi connectivity index (χ4v) is 3.99. The minimum absolute atomic E-state index is 0.173. The summed E-state index contributed by atoms with van der Waals surface area (Å²) in [7, 11) is -1.98. The van der Waals surface area contributed by atoms with Crippen molar-refractivity contribution in [2.75, 3.05) is 4.72 Å². The molecule has 3 aromatic rings. The maximum absolute atomic E-state index is 12.5. The van der Waals surface area contributed by atoms with Gasteiger partial charge in [-0.25, -0.2) is 8.42 Å². The highest BCUT2D eigenvalue weighted by molar-refractivity contribution is 9.10. The van der Waals surface area contributed by atoms with Crippen molar-refractivity contribution < 1.29 is 8.42 Å². The topological polar surface area (TPSA) is 81.8 Å². The number of aromatic nitrogens is 4. The molecule has 24 heavy (non-hydrogen) atoms.